The molecule has 0 radical (unpaired) electrons. The molecule has 0 aromatic heterocycles. The molecule has 0 bridgehead atoms. The fourth-order valence-electron chi connectivity index (χ4n) is 1.32. The SMILES string of the molecule is CCNCCCNC(=O)c1cccc(Br)c1. The Balaban J connectivity index is 2.30. The lowest BCUT2D eigenvalue weighted by molar-refractivity contribution is 0.0953. The van der Waals surface area contributed by atoms with Gasteiger partial charge in [-0.05, 0) is 37.7 Å². The van der Waals surface area contributed by atoms with Crippen molar-refractivity contribution < 1.29 is 4.79 Å². The van der Waals surface area contributed by atoms with Crippen LogP contribution in [0.5, 0.6) is 0 Å². The van der Waals surface area contributed by atoms with Crippen LogP contribution in [0.4, 0.5) is 0 Å². The number of halogens is 1. The monoisotopic (exact) mass is 284 g/mol. The molecule has 1 aromatic rings. The lowest BCUT2D eigenvalue weighted by Gasteiger charge is -2.05. The van der Waals surface area contributed by atoms with E-state index >= 15 is 0 Å². The molecule has 0 saturated heterocycles. The summed E-state index contributed by atoms with van der Waals surface area (Å²) in [6, 6.07) is 7.39. The predicted molar refractivity (Wildman–Crippen MR) is 69.6 cm³/mol. The maximum atomic E-state index is 11.7. The van der Waals surface area contributed by atoms with Crippen molar-refractivity contribution in [2.45, 2.75) is 13.3 Å². The minimum Gasteiger partial charge on any atom is -0.352 e. The van der Waals surface area contributed by atoms with Crippen LogP contribution in [0.1, 0.15) is 23.7 Å². The molecule has 0 aliphatic rings. The highest BCUT2D eigenvalue weighted by molar-refractivity contribution is 9.10. The summed E-state index contributed by atoms with van der Waals surface area (Å²) in [7, 11) is 0. The molecule has 2 N–H and O–H groups in total. The Labute approximate surface area is 105 Å². The number of carbonyl (C=O) groups is 1. The highest BCUT2D eigenvalue weighted by Gasteiger charge is 2.03. The van der Waals surface area contributed by atoms with Crippen molar-refractivity contribution in [3.05, 3.63) is 34.3 Å². The number of amides is 1. The van der Waals surface area contributed by atoms with Crippen molar-refractivity contribution in [2.24, 2.45) is 0 Å². The van der Waals surface area contributed by atoms with Crippen LogP contribution in [0.2, 0.25) is 0 Å². The Morgan fingerprint density at radius 1 is 1.38 bits per heavy atom. The van der Waals surface area contributed by atoms with E-state index in [9.17, 15) is 4.79 Å². The molecule has 0 fully saturated rings. The Morgan fingerprint density at radius 3 is 2.88 bits per heavy atom. The van der Waals surface area contributed by atoms with E-state index in [1.165, 1.54) is 0 Å². The molecule has 0 atom stereocenters. The second-order valence-corrected chi connectivity index (χ2v) is 4.39. The fraction of sp³-hybridized carbons (Fsp3) is 0.417. The Kier molecular flexibility index (Phi) is 6.11. The highest BCUT2D eigenvalue weighted by atomic mass is 79.9. The average Bonchev–Trinajstić information content (AvgIpc) is 2.28. The quantitative estimate of drug-likeness (QED) is 0.787. The van der Waals surface area contributed by atoms with E-state index in [1.807, 2.05) is 24.3 Å². The smallest absolute Gasteiger partial charge is 0.251 e. The number of rotatable bonds is 6. The zero-order valence-corrected chi connectivity index (χ0v) is 11.0. The minimum atomic E-state index is -0.0159. The molecule has 0 unspecified atom stereocenters. The third-order valence-corrected chi connectivity index (χ3v) is 2.65. The molecule has 1 amide bonds. The fourth-order valence-corrected chi connectivity index (χ4v) is 1.72. The number of carbonyl (C=O) groups excluding carboxylic acids is 1. The number of benzene rings is 1. The zero-order chi connectivity index (χ0) is 11.8. The number of nitrogens with one attached hydrogen (secondary N) is 2. The van der Waals surface area contributed by atoms with Crippen LogP contribution < -0.4 is 10.6 Å². The molecule has 0 spiro atoms. The molecule has 0 aliphatic carbocycles. The summed E-state index contributed by atoms with van der Waals surface area (Å²) >= 11 is 3.34. The summed E-state index contributed by atoms with van der Waals surface area (Å²) in [6.45, 7) is 4.69. The van der Waals surface area contributed by atoms with Gasteiger partial charge in [-0.2, -0.15) is 0 Å². The van der Waals surface area contributed by atoms with Crippen molar-refractivity contribution in [2.75, 3.05) is 19.6 Å². The van der Waals surface area contributed by atoms with Crippen LogP contribution in [0.25, 0.3) is 0 Å². The summed E-state index contributed by atoms with van der Waals surface area (Å²) < 4.78 is 0.924. The molecule has 4 heteroatoms. The van der Waals surface area contributed by atoms with Gasteiger partial charge in [0.2, 0.25) is 0 Å². The second kappa shape index (κ2) is 7.41. The van der Waals surface area contributed by atoms with Gasteiger partial charge in [-0.15, -0.1) is 0 Å². The van der Waals surface area contributed by atoms with Crippen LogP contribution in [0.15, 0.2) is 28.7 Å². The Bertz CT molecular complexity index is 342. The molecule has 1 rings (SSSR count). The standard InChI is InChI=1S/C12H17BrN2O/c1-2-14-7-4-8-15-12(16)10-5-3-6-11(13)9-10/h3,5-6,9,14H,2,4,7-8H2,1H3,(H,15,16). The van der Waals surface area contributed by atoms with Crippen molar-refractivity contribution in [1.82, 2.24) is 10.6 Å². The van der Waals surface area contributed by atoms with Crippen molar-refractivity contribution in [3.63, 3.8) is 0 Å². The van der Waals surface area contributed by atoms with Gasteiger partial charge in [0.15, 0.2) is 0 Å². The van der Waals surface area contributed by atoms with Gasteiger partial charge < -0.3 is 10.6 Å². The summed E-state index contributed by atoms with van der Waals surface area (Å²) in [5, 5.41) is 6.10. The summed E-state index contributed by atoms with van der Waals surface area (Å²) in [5.41, 5.74) is 0.692. The van der Waals surface area contributed by atoms with Crippen LogP contribution in [-0.2, 0) is 0 Å². The topological polar surface area (TPSA) is 41.1 Å². The lowest BCUT2D eigenvalue weighted by atomic mass is 10.2. The van der Waals surface area contributed by atoms with E-state index < -0.39 is 0 Å². The summed E-state index contributed by atoms with van der Waals surface area (Å²) in [6.07, 6.45) is 0.952. The first-order valence-corrected chi connectivity index (χ1v) is 6.28. The van der Waals surface area contributed by atoms with Crippen LogP contribution in [-0.4, -0.2) is 25.5 Å². The zero-order valence-electron chi connectivity index (χ0n) is 9.42. The largest absolute Gasteiger partial charge is 0.352 e. The highest BCUT2D eigenvalue weighted by Crippen LogP contribution is 2.11. The minimum absolute atomic E-state index is 0.0159. The van der Waals surface area contributed by atoms with E-state index in [0.717, 1.165) is 24.0 Å². The second-order valence-electron chi connectivity index (χ2n) is 3.47. The first-order chi connectivity index (χ1) is 7.74. The maximum Gasteiger partial charge on any atom is 0.251 e. The first kappa shape index (κ1) is 13.2. The number of hydrogen-bond acceptors (Lipinski definition) is 2. The van der Waals surface area contributed by atoms with Crippen molar-refractivity contribution >= 4 is 21.8 Å². The molecular weight excluding hydrogens is 268 g/mol. The predicted octanol–water partition coefficient (Wildman–Crippen LogP) is 2.18. The van der Waals surface area contributed by atoms with Gasteiger partial charge in [0.05, 0.1) is 0 Å². The maximum absolute atomic E-state index is 11.7. The first-order valence-electron chi connectivity index (χ1n) is 5.48. The normalized spacial score (nSPS) is 10.1. The van der Waals surface area contributed by atoms with E-state index in [4.69, 9.17) is 0 Å². The van der Waals surface area contributed by atoms with Gasteiger partial charge in [-0.25, -0.2) is 0 Å². The Morgan fingerprint density at radius 2 is 2.19 bits per heavy atom. The molecule has 0 saturated carbocycles. The summed E-state index contributed by atoms with van der Waals surface area (Å²) in [5.74, 6) is -0.0159. The molecule has 88 valence electrons. The van der Waals surface area contributed by atoms with Crippen molar-refractivity contribution in [1.29, 1.82) is 0 Å². The van der Waals surface area contributed by atoms with Gasteiger partial charge in [-0.1, -0.05) is 28.9 Å². The third-order valence-electron chi connectivity index (χ3n) is 2.15. The van der Waals surface area contributed by atoms with E-state index in [-0.39, 0.29) is 5.91 Å². The lowest BCUT2D eigenvalue weighted by Crippen LogP contribution is -2.27. The molecule has 3 nitrogen and oxygen atoms in total. The van der Waals surface area contributed by atoms with Gasteiger partial charge in [0.1, 0.15) is 0 Å². The molecule has 1 aromatic carbocycles. The number of hydrogen-bond donors (Lipinski definition) is 2. The van der Waals surface area contributed by atoms with E-state index in [0.29, 0.717) is 12.1 Å². The van der Waals surface area contributed by atoms with E-state index in [1.54, 1.807) is 0 Å². The van der Waals surface area contributed by atoms with Crippen LogP contribution >= 0.6 is 15.9 Å². The molecular formula is C12H17BrN2O. The Hall–Kier alpha value is -0.870. The third kappa shape index (κ3) is 4.77. The van der Waals surface area contributed by atoms with Crippen LogP contribution in [0, 0.1) is 0 Å². The van der Waals surface area contributed by atoms with Gasteiger partial charge in [0.25, 0.3) is 5.91 Å². The van der Waals surface area contributed by atoms with E-state index in [2.05, 4.69) is 33.5 Å². The van der Waals surface area contributed by atoms with Gasteiger partial charge in [-0.3, -0.25) is 4.79 Å². The molecule has 16 heavy (non-hydrogen) atoms. The van der Waals surface area contributed by atoms with Crippen molar-refractivity contribution in [3.8, 4) is 0 Å². The van der Waals surface area contributed by atoms with Gasteiger partial charge in [0, 0.05) is 16.6 Å². The average molecular weight is 285 g/mol. The van der Waals surface area contributed by atoms with Gasteiger partial charge >= 0.3 is 0 Å². The molecule has 0 aliphatic heterocycles. The van der Waals surface area contributed by atoms with Crippen LogP contribution in [0.3, 0.4) is 0 Å². The summed E-state index contributed by atoms with van der Waals surface area (Å²) in [4.78, 5) is 11.7. The molecule has 0 heterocycles.